The number of fused-ring (bicyclic) bond motifs is 2. The van der Waals surface area contributed by atoms with Gasteiger partial charge in [0.25, 0.3) is 0 Å². The molecule has 0 saturated carbocycles. The molecule has 1 heteroatoms. The molecule has 3 rings (SSSR count). The quantitative estimate of drug-likeness (QED) is 0.594. The predicted molar refractivity (Wildman–Crippen MR) is 65.6 cm³/mol. The molecular weight excluding hydrogens is 196 g/mol. The first-order chi connectivity index (χ1) is 7.65. The average Bonchev–Trinajstić information content (AvgIpc) is 2.55. The van der Waals surface area contributed by atoms with Gasteiger partial charge in [-0.05, 0) is 55.2 Å². The van der Waals surface area contributed by atoms with E-state index < -0.39 is 0 Å². The third-order valence-electron chi connectivity index (χ3n) is 3.40. The maximum Gasteiger partial charge on any atom is 0.150 e. The van der Waals surface area contributed by atoms with Crippen LogP contribution in [0.2, 0.25) is 0 Å². The summed E-state index contributed by atoms with van der Waals surface area (Å²) in [5.74, 6) is 0. The fourth-order valence-electron chi connectivity index (χ4n) is 2.31. The summed E-state index contributed by atoms with van der Waals surface area (Å²) < 4.78 is 5.95. The molecule has 1 atom stereocenters. The van der Waals surface area contributed by atoms with E-state index in [1.54, 1.807) is 0 Å². The second kappa shape index (κ2) is 3.33. The fraction of sp³-hybridized carbons (Fsp3) is 0.267. The first-order valence-corrected chi connectivity index (χ1v) is 5.67. The summed E-state index contributed by atoms with van der Waals surface area (Å²) in [5, 5.41) is 0. The lowest BCUT2D eigenvalue weighted by atomic mass is 9.90. The van der Waals surface area contributed by atoms with Crippen molar-refractivity contribution in [2.75, 3.05) is 0 Å². The number of allylic oxidation sites excluding steroid dienone is 4. The Labute approximate surface area is 96.5 Å². The highest BCUT2D eigenvalue weighted by Gasteiger charge is 2.33. The fourth-order valence-corrected chi connectivity index (χ4v) is 2.31. The van der Waals surface area contributed by atoms with Crippen molar-refractivity contribution in [2.45, 2.75) is 26.9 Å². The van der Waals surface area contributed by atoms with Gasteiger partial charge < -0.3 is 4.74 Å². The van der Waals surface area contributed by atoms with Gasteiger partial charge in [0, 0.05) is 0 Å². The molecule has 0 N–H and O–H groups in total. The van der Waals surface area contributed by atoms with Crippen LogP contribution in [0.4, 0.5) is 0 Å². The van der Waals surface area contributed by atoms with E-state index in [1.165, 1.54) is 27.9 Å². The zero-order valence-corrected chi connectivity index (χ0v) is 9.87. The molecule has 0 aromatic rings. The van der Waals surface area contributed by atoms with Crippen molar-refractivity contribution in [3.63, 3.8) is 0 Å². The Hall–Kier alpha value is -1.34. The van der Waals surface area contributed by atoms with Crippen LogP contribution in [0.25, 0.3) is 0 Å². The molecule has 0 bridgehead atoms. The summed E-state index contributed by atoms with van der Waals surface area (Å²) in [5.41, 5.74) is 6.46. The molecule has 3 aliphatic rings. The van der Waals surface area contributed by atoms with E-state index in [4.69, 9.17) is 4.74 Å². The Kier molecular flexibility index (Phi) is 2.05. The summed E-state index contributed by atoms with van der Waals surface area (Å²) in [7, 11) is 0. The summed E-state index contributed by atoms with van der Waals surface area (Å²) >= 11 is 0. The van der Waals surface area contributed by atoms with Crippen molar-refractivity contribution in [1.82, 2.24) is 0 Å². The molecule has 1 nitrogen and oxygen atoms in total. The topological polar surface area (TPSA) is 9.23 Å². The third kappa shape index (κ3) is 1.35. The van der Waals surface area contributed by atoms with Gasteiger partial charge >= 0.3 is 0 Å². The van der Waals surface area contributed by atoms with Crippen LogP contribution < -0.4 is 0 Å². The Balaban J connectivity index is 2.08. The molecule has 1 aliphatic heterocycles. The SMILES string of the molecule is CC1=C[C]2OC3C=C(C)C(C)=CC3=C2C=C1. The average molecular weight is 211 g/mol. The second-order valence-electron chi connectivity index (χ2n) is 4.67. The molecule has 0 fully saturated rings. The van der Waals surface area contributed by atoms with Gasteiger partial charge in [0.15, 0.2) is 6.10 Å². The van der Waals surface area contributed by atoms with Crippen LogP contribution in [0.3, 0.4) is 0 Å². The van der Waals surface area contributed by atoms with Crippen molar-refractivity contribution in [3.8, 4) is 0 Å². The normalized spacial score (nSPS) is 28.4. The minimum atomic E-state index is 0.125. The summed E-state index contributed by atoms with van der Waals surface area (Å²) in [6, 6.07) is 0. The number of rotatable bonds is 0. The van der Waals surface area contributed by atoms with Crippen LogP contribution in [-0.2, 0) is 4.74 Å². The zero-order valence-electron chi connectivity index (χ0n) is 9.87. The van der Waals surface area contributed by atoms with E-state index in [0.717, 1.165) is 6.10 Å². The Bertz CT molecular complexity index is 498. The van der Waals surface area contributed by atoms with Gasteiger partial charge in [-0.15, -0.1) is 0 Å². The molecule has 0 aromatic heterocycles. The summed E-state index contributed by atoms with van der Waals surface area (Å²) in [6.07, 6.45) is 12.0. The number of hydrogen-bond donors (Lipinski definition) is 0. The number of hydrogen-bond acceptors (Lipinski definition) is 1. The Morgan fingerprint density at radius 3 is 2.62 bits per heavy atom. The monoisotopic (exact) mass is 211 g/mol. The maximum absolute atomic E-state index is 5.95. The van der Waals surface area contributed by atoms with Crippen molar-refractivity contribution >= 4 is 0 Å². The number of ether oxygens (including phenoxy) is 1. The predicted octanol–water partition coefficient (Wildman–Crippen LogP) is 3.64. The Morgan fingerprint density at radius 1 is 1.00 bits per heavy atom. The van der Waals surface area contributed by atoms with Gasteiger partial charge in [0.05, 0.1) is 0 Å². The maximum atomic E-state index is 5.95. The zero-order chi connectivity index (χ0) is 11.3. The van der Waals surface area contributed by atoms with Crippen LogP contribution >= 0.6 is 0 Å². The lowest BCUT2D eigenvalue weighted by molar-refractivity contribution is 0.174. The molecule has 1 heterocycles. The smallest absolute Gasteiger partial charge is 0.150 e. The van der Waals surface area contributed by atoms with Gasteiger partial charge in [-0.2, -0.15) is 0 Å². The second-order valence-corrected chi connectivity index (χ2v) is 4.67. The van der Waals surface area contributed by atoms with E-state index in [1.807, 2.05) is 0 Å². The van der Waals surface area contributed by atoms with Gasteiger partial charge in [-0.25, -0.2) is 0 Å². The van der Waals surface area contributed by atoms with E-state index >= 15 is 0 Å². The van der Waals surface area contributed by atoms with Gasteiger partial charge in [0.2, 0.25) is 0 Å². The van der Waals surface area contributed by atoms with E-state index in [-0.39, 0.29) is 6.10 Å². The highest BCUT2D eigenvalue weighted by molar-refractivity contribution is 5.60. The van der Waals surface area contributed by atoms with E-state index in [2.05, 4.69) is 51.2 Å². The molecule has 0 amide bonds. The van der Waals surface area contributed by atoms with Crippen molar-refractivity contribution in [3.05, 3.63) is 64.3 Å². The van der Waals surface area contributed by atoms with Crippen LogP contribution in [0.1, 0.15) is 20.8 Å². The molecule has 1 unspecified atom stereocenters. The van der Waals surface area contributed by atoms with Crippen LogP contribution in [0.5, 0.6) is 0 Å². The molecule has 1 radical (unpaired) electrons. The molecule has 0 saturated heterocycles. The summed E-state index contributed by atoms with van der Waals surface area (Å²) in [4.78, 5) is 0. The highest BCUT2D eigenvalue weighted by Crippen LogP contribution is 2.41. The molecule has 0 aromatic carbocycles. The largest absolute Gasteiger partial charge is 0.350 e. The van der Waals surface area contributed by atoms with E-state index in [9.17, 15) is 0 Å². The van der Waals surface area contributed by atoms with Crippen molar-refractivity contribution < 1.29 is 4.74 Å². The minimum absolute atomic E-state index is 0.125. The molecular formula is C15H15O. The third-order valence-corrected chi connectivity index (χ3v) is 3.40. The first-order valence-electron chi connectivity index (χ1n) is 5.67. The highest BCUT2D eigenvalue weighted by atomic mass is 16.5. The van der Waals surface area contributed by atoms with Crippen LogP contribution in [-0.4, -0.2) is 6.10 Å². The van der Waals surface area contributed by atoms with Gasteiger partial charge in [0.1, 0.15) is 6.10 Å². The van der Waals surface area contributed by atoms with Gasteiger partial charge in [-0.3, -0.25) is 0 Å². The minimum Gasteiger partial charge on any atom is -0.350 e. The van der Waals surface area contributed by atoms with Crippen molar-refractivity contribution in [2.24, 2.45) is 0 Å². The lowest BCUT2D eigenvalue weighted by Crippen LogP contribution is -2.10. The standard InChI is InChI=1S/C15H15O/c1-9-4-5-12-13-7-10(2)11(3)8-15(13)16-14(12)6-9/h4-8,15H,1-3H3. The van der Waals surface area contributed by atoms with E-state index in [0.29, 0.717) is 0 Å². The van der Waals surface area contributed by atoms with Crippen LogP contribution in [0.15, 0.2) is 58.2 Å². The summed E-state index contributed by atoms with van der Waals surface area (Å²) in [6.45, 7) is 6.39. The first kappa shape index (κ1) is 9.86. The molecule has 81 valence electrons. The lowest BCUT2D eigenvalue weighted by Gasteiger charge is -2.16. The molecule has 2 aliphatic carbocycles. The molecule has 0 spiro atoms. The Morgan fingerprint density at radius 2 is 1.81 bits per heavy atom. The van der Waals surface area contributed by atoms with Gasteiger partial charge in [-0.1, -0.05) is 23.8 Å². The van der Waals surface area contributed by atoms with Crippen LogP contribution in [0, 0.1) is 6.10 Å². The molecule has 16 heavy (non-hydrogen) atoms. The van der Waals surface area contributed by atoms with Crippen molar-refractivity contribution in [1.29, 1.82) is 0 Å².